The number of hydrogen-bond donors (Lipinski definition) is 1. The minimum absolute atomic E-state index is 0.435. The van der Waals surface area contributed by atoms with Gasteiger partial charge in [0.15, 0.2) is 10.8 Å². The van der Waals surface area contributed by atoms with Crippen molar-refractivity contribution in [1.29, 1.82) is 0 Å². The summed E-state index contributed by atoms with van der Waals surface area (Å²) in [4.78, 5) is 6.27. The van der Waals surface area contributed by atoms with Gasteiger partial charge >= 0.3 is 0 Å². The van der Waals surface area contributed by atoms with Crippen LogP contribution in [0, 0.1) is 6.92 Å². The van der Waals surface area contributed by atoms with Crippen molar-refractivity contribution in [3.05, 3.63) is 28.5 Å². The fourth-order valence-electron chi connectivity index (χ4n) is 2.59. The van der Waals surface area contributed by atoms with Gasteiger partial charge in [-0.05, 0) is 51.3 Å². The maximum absolute atomic E-state index is 5.69. The number of thiazole rings is 1. The Balaban J connectivity index is 1.88. The van der Waals surface area contributed by atoms with E-state index in [-0.39, 0.29) is 0 Å². The second-order valence-corrected chi connectivity index (χ2v) is 6.22. The van der Waals surface area contributed by atoms with Gasteiger partial charge < -0.3 is 9.73 Å². The van der Waals surface area contributed by atoms with E-state index in [1.54, 1.807) is 11.3 Å². The molecule has 2 aromatic heterocycles. The van der Waals surface area contributed by atoms with Gasteiger partial charge in [0, 0.05) is 4.88 Å². The summed E-state index contributed by atoms with van der Waals surface area (Å²) < 4.78 is 5.69. The molecule has 2 heterocycles. The van der Waals surface area contributed by atoms with Crippen LogP contribution < -0.4 is 5.32 Å². The van der Waals surface area contributed by atoms with E-state index in [9.17, 15) is 0 Å². The largest absolute Gasteiger partial charge is 0.459 e. The molecule has 1 unspecified atom stereocenters. The second kappa shape index (κ2) is 5.47. The van der Waals surface area contributed by atoms with Crippen LogP contribution in [0.25, 0.3) is 10.8 Å². The lowest BCUT2D eigenvalue weighted by atomic mass is 9.97. The molecule has 0 aromatic carbocycles. The Morgan fingerprint density at radius 3 is 3.11 bits per heavy atom. The lowest BCUT2D eigenvalue weighted by Crippen LogP contribution is -2.25. The number of nitrogens with zero attached hydrogens (tertiary/aromatic N) is 1. The van der Waals surface area contributed by atoms with Crippen molar-refractivity contribution in [3.8, 4) is 10.8 Å². The van der Waals surface area contributed by atoms with Gasteiger partial charge in [0.1, 0.15) is 5.76 Å². The summed E-state index contributed by atoms with van der Waals surface area (Å²) in [6.07, 6.45) is 4.79. The van der Waals surface area contributed by atoms with E-state index in [4.69, 9.17) is 9.40 Å². The van der Waals surface area contributed by atoms with E-state index in [1.807, 2.05) is 19.1 Å². The normalized spacial score (nSPS) is 18.5. The third kappa shape index (κ3) is 2.60. The first-order valence-electron chi connectivity index (χ1n) is 7.07. The number of nitrogens with one attached hydrogen (secondary N) is 1. The van der Waals surface area contributed by atoms with E-state index in [0.717, 1.165) is 29.5 Å². The highest BCUT2D eigenvalue weighted by molar-refractivity contribution is 7.15. The predicted molar refractivity (Wildman–Crippen MR) is 78.5 cm³/mol. The van der Waals surface area contributed by atoms with E-state index in [2.05, 4.69) is 12.2 Å². The average Bonchev–Trinajstić information content (AvgIpc) is 3.02. The Hall–Kier alpha value is -1.13. The number of hydrogen-bond acceptors (Lipinski definition) is 4. The summed E-state index contributed by atoms with van der Waals surface area (Å²) in [5, 5.41) is 4.64. The monoisotopic (exact) mass is 276 g/mol. The molecule has 0 amide bonds. The highest BCUT2D eigenvalue weighted by Crippen LogP contribution is 2.37. The summed E-state index contributed by atoms with van der Waals surface area (Å²) in [5.74, 6) is 1.86. The summed E-state index contributed by atoms with van der Waals surface area (Å²) in [5.41, 5.74) is 1.26. The van der Waals surface area contributed by atoms with Crippen molar-refractivity contribution >= 4 is 11.3 Å². The van der Waals surface area contributed by atoms with E-state index in [1.165, 1.54) is 29.8 Å². The summed E-state index contributed by atoms with van der Waals surface area (Å²) >= 11 is 1.79. The third-order valence-electron chi connectivity index (χ3n) is 3.55. The van der Waals surface area contributed by atoms with Gasteiger partial charge in [0.05, 0.1) is 11.7 Å². The molecule has 4 heteroatoms. The van der Waals surface area contributed by atoms with Gasteiger partial charge in [0.25, 0.3) is 0 Å². The summed E-state index contributed by atoms with van der Waals surface area (Å²) in [6.45, 7) is 5.24. The van der Waals surface area contributed by atoms with Crippen LogP contribution in [0.2, 0.25) is 0 Å². The molecule has 0 bridgehead atoms. The predicted octanol–water partition coefficient (Wildman–Crippen LogP) is 4.09. The Bertz CT molecular complexity index is 558. The van der Waals surface area contributed by atoms with Crippen LogP contribution in [0.15, 0.2) is 16.5 Å². The molecule has 0 aliphatic heterocycles. The molecule has 3 rings (SSSR count). The van der Waals surface area contributed by atoms with Crippen LogP contribution in [0.3, 0.4) is 0 Å². The molecule has 1 aliphatic rings. The second-order valence-electron chi connectivity index (χ2n) is 5.14. The van der Waals surface area contributed by atoms with Gasteiger partial charge in [-0.3, -0.25) is 0 Å². The van der Waals surface area contributed by atoms with Crippen molar-refractivity contribution in [3.63, 3.8) is 0 Å². The lowest BCUT2D eigenvalue weighted by Gasteiger charge is -2.21. The lowest BCUT2D eigenvalue weighted by molar-refractivity contribution is 0.454. The number of fused-ring (bicyclic) bond motifs is 1. The smallest absolute Gasteiger partial charge is 0.162 e. The molecular weight excluding hydrogens is 256 g/mol. The maximum Gasteiger partial charge on any atom is 0.162 e. The fourth-order valence-corrected chi connectivity index (χ4v) is 3.72. The minimum atomic E-state index is 0.435. The Labute approximate surface area is 118 Å². The molecule has 1 aliphatic carbocycles. The van der Waals surface area contributed by atoms with Gasteiger partial charge in [-0.2, -0.15) is 0 Å². The van der Waals surface area contributed by atoms with Gasteiger partial charge in [-0.15, -0.1) is 11.3 Å². The number of furan rings is 1. The van der Waals surface area contributed by atoms with Crippen LogP contribution in [0.4, 0.5) is 0 Å². The first kappa shape index (κ1) is 12.9. The third-order valence-corrected chi connectivity index (χ3v) is 4.69. The van der Waals surface area contributed by atoms with Gasteiger partial charge in [0.2, 0.25) is 0 Å². The molecule has 19 heavy (non-hydrogen) atoms. The Morgan fingerprint density at radius 1 is 1.47 bits per heavy atom. The quantitative estimate of drug-likeness (QED) is 0.914. The molecule has 3 nitrogen and oxygen atoms in total. The molecule has 0 fully saturated rings. The minimum Gasteiger partial charge on any atom is -0.459 e. The molecule has 0 saturated heterocycles. The highest BCUT2D eigenvalue weighted by atomic mass is 32.1. The van der Waals surface area contributed by atoms with Crippen LogP contribution >= 0.6 is 11.3 Å². The van der Waals surface area contributed by atoms with Crippen LogP contribution in [-0.4, -0.2) is 11.5 Å². The van der Waals surface area contributed by atoms with E-state index < -0.39 is 0 Å². The first-order valence-corrected chi connectivity index (χ1v) is 7.89. The van der Waals surface area contributed by atoms with Crippen molar-refractivity contribution in [2.75, 3.05) is 6.54 Å². The Morgan fingerprint density at radius 2 is 2.37 bits per heavy atom. The number of aromatic nitrogens is 1. The van der Waals surface area contributed by atoms with E-state index >= 15 is 0 Å². The molecule has 0 saturated carbocycles. The zero-order valence-electron chi connectivity index (χ0n) is 11.5. The fraction of sp³-hybridized carbons (Fsp3) is 0.533. The number of aryl methyl sites for hydroxylation is 2. The van der Waals surface area contributed by atoms with E-state index in [0.29, 0.717) is 6.04 Å². The molecule has 2 aromatic rings. The summed E-state index contributed by atoms with van der Waals surface area (Å²) in [7, 11) is 0. The molecular formula is C15H20N2OS. The first-order chi connectivity index (χ1) is 9.28. The Kier molecular flexibility index (Phi) is 3.71. The van der Waals surface area contributed by atoms with Crippen molar-refractivity contribution in [2.45, 2.75) is 45.6 Å². The zero-order valence-corrected chi connectivity index (χ0v) is 12.3. The van der Waals surface area contributed by atoms with Gasteiger partial charge in [-0.25, -0.2) is 4.98 Å². The highest BCUT2D eigenvalue weighted by Gasteiger charge is 2.25. The maximum atomic E-state index is 5.69. The van der Waals surface area contributed by atoms with Crippen LogP contribution in [0.5, 0.6) is 0 Å². The molecule has 102 valence electrons. The van der Waals surface area contributed by atoms with Crippen molar-refractivity contribution in [2.24, 2.45) is 0 Å². The summed E-state index contributed by atoms with van der Waals surface area (Å²) in [6, 6.07) is 4.46. The average molecular weight is 276 g/mol. The van der Waals surface area contributed by atoms with Crippen molar-refractivity contribution < 1.29 is 4.42 Å². The topological polar surface area (TPSA) is 38.1 Å². The molecule has 1 atom stereocenters. The number of rotatable bonds is 4. The molecule has 1 N–H and O–H groups in total. The van der Waals surface area contributed by atoms with Crippen molar-refractivity contribution in [1.82, 2.24) is 10.3 Å². The van der Waals surface area contributed by atoms with Crippen LogP contribution in [0.1, 0.15) is 48.6 Å². The van der Waals surface area contributed by atoms with Crippen LogP contribution in [-0.2, 0) is 6.42 Å². The zero-order chi connectivity index (χ0) is 13.2. The SMILES string of the molecule is CCCNC1CCCc2sc(-c3ccc(C)o3)nc21. The molecule has 0 spiro atoms. The molecule has 0 radical (unpaired) electrons. The van der Waals surface area contributed by atoms with Gasteiger partial charge in [-0.1, -0.05) is 6.92 Å². The standard InChI is InChI=1S/C15H20N2OS/c1-3-9-16-11-5-4-6-13-14(11)17-15(19-13)12-8-7-10(2)18-12/h7-8,11,16H,3-6,9H2,1-2H3.